The second-order valence-electron chi connectivity index (χ2n) is 4.35. The van der Waals surface area contributed by atoms with Gasteiger partial charge in [-0.1, -0.05) is 0 Å². The average molecular weight is 336 g/mol. The summed E-state index contributed by atoms with van der Waals surface area (Å²) in [5, 5.41) is 8.88. The van der Waals surface area contributed by atoms with Crippen LogP contribution in [-0.2, 0) is 0 Å². The van der Waals surface area contributed by atoms with Crippen LogP contribution < -0.4 is 4.74 Å². The number of alkyl halides is 3. The summed E-state index contributed by atoms with van der Waals surface area (Å²) in [5.41, 5.74) is -1.68. The Balaban J connectivity index is 2.62. The van der Waals surface area contributed by atoms with Crippen LogP contribution in [0.15, 0.2) is 30.3 Å². The number of aromatic carboxylic acids is 1. The van der Waals surface area contributed by atoms with Gasteiger partial charge in [-0.2, -0.15) is 0 Å². The standard InChI is InChI=1S/C14H6F6O3/c15-10-5-12(17)11(16)4-9(10)6-1-7(13(21)22)3-8(2-6)23-14(18,19)20/h1-5H,(H,21,22). The van der Waals surface area contributed by atoms with Crippen LogP contribution >= 0.6 is 0 Å². The molecule has 0 heterocycles. The van der Waals surface area contributed by atoms with Crippen LogP contribution in [0.2, 0.25) is 0 Å². The number of carbonyl (C=O) groups is 1. The molecule has 0 saturated carbocycles. The number of carboxylic acids is 1. The van der Waals surface area contributed by atoms with E-state index in [1.54, 1.807) is 0 Å². The monoisotopic (exact) mass is 336 g/mol. The number of benzene rings is 2. The van der Waals surface area contributed by atoms with Crippen molar-refractivity contribution in [2.45, 2.75) is 6.36 Å². The minimum atomic E-state index is -5.11. The van der Waals surface area contributed by atoms with Gasteiger partial charge in [-0.05, 0) is 29.8 Å². The van der Waals surface area contributed by atoms with Gasteiger partial charge in [0, 0.05) is 11.6 Å². The molecule has 1 N–H and O–H groups in total. The van der Waals surface area contributed by atoms with Crippen molar-refractivity contribution in [3.8, 4) is 16.9 Å². The summed E-state index contributed by atoms with van der Waals surface area (Å²) in [5.74, 6) is -6.75. The van der Waals surface area contributed by atoms with E-state index in [1.807, 2.05) is 0 Å². The van der Waals surface area contributed by atoms with Crippen molar-refractivity contribution in [2.24, 2.45) is 0 Å². The molecule has 2 rings (SSSR count). The predicted octanol–water partition coefficient (Wildman–Crippen LogP) is 4.37. The van der Waals surface area contributed by atoms with E-state index < -0.39 is 52.2 Å². The van der Waals surface area contributed by atoms with E-state index in [4.69, 9.17) is 5.11 Å². The lowest BCUT2D eigenvalue weighted by Crippen LogP contribution is -2.17. The lowest BCUT2D eigenvalue weighted by molar-refractivity contribution is -0.274. The van der Waals surface area contributed by atoms with Crippen LogP contribution in [0.5, 0.6) is 5.75 Å². The fraction of sp³-hybridized carbons (Fsp3) is 0.0714. The van der Waals surface area contributed by atoms with Crippen LogP contribution in [0.1, 0.15) is 10.4 Å². The van der Waals surface area contributed by atoms with Crippen molar-refractivity contribution >= 4 is 5.97 Å². The molecule has 0 bridgehead atoms. The number of hydrogen-bond donors (Lipinski definition) is 1. The Morgan fingerprint density at radius 2 is 1.52 bits per heavy atom. The number of rotatable bonds is 3. The Morgan fingerprint density at radius 3 is 2.09 bits per heavy atom. The SMILES string of the molecule is O=C(O)c1cc(OC(F)(F)F)cc(-c2cc(F)c(F)cc2F)c1. The summed E-state index contributed by atoms with van der Waals surface area (Å²) in [6.07, 6.45) is -5.11. The molecule has 122 valence electrons. The molecule has 0 fully saturated rings. The van der Waals surface area contributed by atoms with Gasteiger partial charge in [0.05, 0.1) is 5.56 Å². The summed E-state index contributed by atoms with van der Waals surface area (Å²) in [6.45, 7) is 0. The van der Waals surface area contributed by atoms with Crippen molar-refractivity contribution in [3.05, 3.63) is 53.3 Å². The average Bonchev–Trinajstić information content (AvgIpc) is 2.40. The predicted molar refractivity (Wildman–Crippen MR) is 65.4 cm³/mol. The third-order valence-corrected chi connectivity index (χ3v) is 2.71. The molecule has 3 nitrogen and oxygen atoms in total. The molecule has 2 aromatic rings. The molecule has 0 aliphatic rings. The van der Waals surface area contributed by atoms with Gasteiger partial charge in [0.1, 0.15) is 11.6 Å². The first-order valence-electron chi connectivity index (χ1n) is 5.86. The van der Waals surface area contributed by atoms with Crippen LogP contribution in [0, 0.1) is 17.5 Å². The molecule has 9 heteroatoms. The first-order valence-corrected chi connectivity index (χ1v) is 5.86. The van der Waals surface area contributed by atoms with Gasteiger partial charge in [-0.15, -0.1) is 13.2 Å². The molecule has 2 aromatic carbocycles. The van der Waals surface area contributed by atoms with Gasteiger partial charge in [-0.25, -0.2) is 18.0 Å². The first kappa shape index (κ1) is 16.7. The second-order valence-corrected chi connectivity index (χ2v) is 4.35. The highest BCUT2D eigenvalue weighted by Gasteiger charge is 2.31. The Kier molecular flexibility index (Phi) is 4.22. The molecular weight excluding hydrogens is 330 g/mol. The van der Waals surface area contributed by atoms with Crippen LogP contribution in [0.4, 0.5) is 26.3 Å². The highest BCUT2D eigenvalue weighted by atomic mass is 19.4. The topological polar surface area (TPSA) is 46.5 Å². The molecule has 0 spiro atoms. The fourth-order valence-electron chi connectivity index (χ4n) is 1.81. The number of ether oxygens (including phenoxy) is 1. The van der Waals surface area contributed by atoms with Crippen LogP contribution in [0.3, 0.4) is 0 Å². The molecule has 0 unspecified atom stereocenters. The van der Waals surface area contributed by atoms with Gasteiger partial charge >= 0.3 is 12.3 Å². The molecule has 0 aromatic heterocycles. The van der Waals surface area contributed by atoms with E-state index in [2.05, 4.69) is 4.74 Å². The van der Waals surface area contributed by atoms with Crippen LogP contribution in [0.25, 0.3) is 11.1 Å². The lowest BCUT2D eigenvalue weighted by atomic mass is 10.0. The summed E-state index contributed by atoms with van der Waals surface area (Å²) in [4.78, 5) is 10.9. The quantitative estimate of drug-likeness (QED) is 0.669. The minimum absolute atomic E-state index is 0.197. The molecular formula is C14H6F6O3. The zero-order valence-electron chi connectivity index (χ0n) is 10.9. The van der Waals surface area contributed by atoms with Gasteiger partial charge in [0.15, 0.2) is 11.6 Å². The number of carboxylic acid groups (broad SMARTS) is 1. The third-order valence-electron chi connectivity index (χ3n) is 2.71. The van der Waals surface area contributed by atoms with E-state index in [0.717, 1.165) is 6.07 Å². The molecule has 0 aliphatic heterocycles. The molecule has 23 heavy (non-hydrogen) atoms. The van der Waals surface area contributed by atoms with Crippen molar-refractivity contribution in [2.75, 3.05) is 0 Å². The Morgan fingerprint density at radius 1 is 0.913 bits per heavy atom. The van der Waals surface area contributed by atoms with E-state index >= 15 is 0 Å². The van der Waals surface area contributed by atoms with Gasteiger partial charge < -0.3 is 9.84 Å². The number of hydrogen-bond acceptors (Lipinski definition) is 2. The maximum atomic E-state index is 13.7. The maximum Gasteiger partial charge on any atom is 0.573 e. The van der Waals surface area contributed by atoms with E-state index in [9.17, 15) is 31.1 Å². The van der Waals surface area contributed by atoms with Crippen LogP contribution in [-0.4, -0.2) is 17.4 Å². The Hall–Kier alpha value is -2.71. The van der Waals surface area contributed by atoms with E-state index in [1.165, 1.54) is 0 Å². The molecule has 0 saturated heterocycles. The minimum Gasteiger partial charge on any atom is -0.478 e. The smallest absolute Gasteiger partial charge is 0.478 e. The fourth-order valence-corrected chi connectivity index (χ4v) is 1.81. The van der Waals surface area contributed by atoms with Gasteiger partial charge in [0.2, 0.25) is 0 Å². The maximum absolute atomic E-state index is 13.7. The first-order chi connectivity index (χ1) is 10.6. The summed E-state index contributed by atoms with van der Waals surface area (Å²) < 4.78 is 80.2. The highest BCUT2D eigenvalue weighted by Crippen LogP contribution is 2.32. The summed E-state index contributed by atoms with van der Waals surface area (Å²) >= 11 is 0. The normalized spacial score (nSPS) is 11.4. The van der Waals surface area contributed by atoms with E-state index in [0.29, 0.717) is 18.2 Å². The largest absolute Gasteiger partial charge is 0.573 e. The Labute approximate surface area is 124 Å². The molecule has 0 amide bonds. The zero-order chi connectivity index (χ0) is 17.4. The van der Waals surface area contributed by atoms with Crippen molar-refractivity contribution in [1.82, 2.24) is 0 Å². The zero-order valence-corrected chi connectivity index (χ0v) is 10.9. The van der Waals surface area contributed by atoms with E-state index in [-0.39, 0.29) is 6.07 Å². The van der Waals surface area contributed by atoms with Crippen molar-refractivity contribution < 1.29 is 41.0 Å². The highest BCUT2D eigenvalue weighted by molar-refractivity contribution is 5.90. The lowest BCUT2D eigenvalue weighted by Gasteiger charge is -2.12. The summed E-state index contributed by atoms with van der Waals surface area (Å²) in [6, 6.07) is 2.64. The second kappa shape index (κ2) is 5.82. The summed E-state index contributed by atoms with van der Waals surface area (Å²) in [7, 11) is 0. The van der Waals surface area contributed by atoms with Gasteiger partial charge in [0.25, 0.3) is 0 Å². The van der Waals surface area contributed by atoms with Crippen molar-refractivity contribution in [3.63, 3.8) is 0 Å². The van der Waals surface area contributed by atoms with Gasteiger partial charge in [-0.3, -0.25) is 0 Å². The third kappa shape index (κ3) is 3.93. The molecule has 0 aliphatic carbocycles. The Bertz CT molecular complexity index is 770. The molecule has 0 atom stereocenters. The number of halogens is 6. The van der Waals surface area contributed by atoms with Crippen molar-refractivity contribution in [1.29, 1.82) is 0 Å². The molecule has 0 radical (unpaired) electrons.